The Kier molecular flexibility index (Phi) is 12.5. The summed E-state index contributed by atoms with van der Waals surface area (Å²) in [6.07, 6.45) is -4.08. The molecule has 56 heavy (non-hydrogen) atoms. The Labute approximate surface area is 327 Å². The second-order valence-electron chi connectivity index (χ2n) is 15.1. The van der Waals surface area contributed by atoms with Crippen molar-refractivity contribution < 1.29 is 46.9 Å². The number of fused-ring (bicyclic) bond motifs is 3. The van der Waals surface area contributed by atoms with Gasteiger partial charge in [-0.25, -0.2) is 14.2 Å². The molecule has 0 bridgehead atoms. The molecule has 6 rings (SSSR count). The lowest BCUT2D eigenvalue weighted by Crippen LogP contribution is -2.49. The minimum atomic E-state index is -3.91. The average Bonchev–Trinajstić information content (AvgIpc) is 3.65. The van der Waals surface area contributed by atoms with E-state index in [-0.39, 0.29) is 24.9 Å². The Morgan fingerprint density at radius 2 is 1.41 bits per heavy atom. The third-order valence-electron chi connectivity index (χ3n) is 9.76. The fraction of sp³-hybridized carbons (Fsp3) is 0.372. The van der Waals surface area contributed by atoms with Gasteiger partial charge in [0.15, 0.2) is 0 Å². The molecule has 1 heterocycles. The van der Waals surface area contributed by atoms with E-state index in [0.29, 0.717) is 12.0 Å². The Morgan fingerprint density at radius 3 is 2.02 bits per heavy atom. The highest BCUT2D eigenvalue weighted by Gasteiger charge is 2.49. The van der Waals surface area contributed by atoms with Crippen LogP contribution in [0.1, 0.15) is 55.9 Å². The number of rotatable bonds is 13. The van der Waals surface area contributed by atoms with Gasteiger partial charge < -0.3 is 34.1 Å². The molecule has 1 fully saturated rings. The fourth-order valence-electron chi connectivity index (χ4n) is 7.06. The van der Waals surface area contributed by atoms with Gasteiger partial charge in [0.05, 0.1) is 17.6 Å². The fourth-order valence-corrected chi connectivity index (χ4v) is 8.31. The number of esters is 1. The van der Waals surface area contributed by atoms with Crippen LogP contribution in [0, 0.1) is 5.41 Å². The molecule has 6 atom stereocenters. The minimum Gasteiger partial charge on any atom is -0.462 e. The molecule has 2 aliphatic rings. The molecule has 12 nitrogen and oxygen atoms in total. The summed E-state index contributed by atoms with van der Waals surface area (Å²) in [6.45, 7) is 8.08. The zero-order valence-electron chi connectivity index (χ0n) is 32.4. The predicted octanol–water partition coefficient (Wildman–Crippen LogP) is 8.02. The molecule has 4 aromatic carbocycles. The largest absolute Gasteiger partial charge is 0.462 e. The minimum absolute atomic E-state index is 0.0297. The molecule has 4 aromatic rings. The Bertz CT molecular complexity index is 2010. The molecular weight excluding hydrogens is 735 g/mol. The van der Waals surface area contributed by atoms with Crippen LogP contribution < -0.4 is 15.2 Å². The van der Waals surface area contributed by atoms with Crippen LogP contribution >= 0.6 is 7.60 Å². The number of hydrogen-bond donors (Lipinski definition) is 2. The van der Waals surface area contributed by atoms with E-state index in [9.17, 15) is 18.9 Å². The normalized spacial score (nSPS) is 20.5. The van der Waals surface area contributed by atoms with E-state index < -0.39 is 61.6 Å². The molecule has 2 N–H and O–H groups in total. The topological polar surface area (TPSA) is 148 Å². The van der Waals surface area contributed by atoms with Crippen molar-refractivity contribution in [3.63, 3.8) is 0 Å². The van der Waals surface area contributed by atoms with Gasteiger partial charge in [-0.15, -0.1) is 0 Å². The maximum atomic E-state index is 14.1. The maximum Gasteiger partial charge on any atom is 0.407 e. The number of benzene rings is 4. The lowest BCUT2D eigenvalue weighted by molar-refractivity contribution is -0.158. The molecule has 296 valence electrons. The number of hydrogen-bond acceptors (Lipinski definition) is 10. The van der Waals surface area contributed by atoms with Crippen molar-refractivity contribution in [3.05, 3.63) is 125 Å². The highest BCUT2D eigenvalue weighted by molar-refractivity contribution is 7.53. The molecule has 0 saturated carbocycles. The van der Waals surface area contributed by atoms with Crippen molar-refractivity contribution in [2.24, 2.45) is 5.41 Å². The van der Waals surface area contributed by atoms with Gasteiger partial charge in [0.2, 0.25) is 0 Å². The summed E-state index contributed by atoms with van der Waals surface area (Å²) in [4.78, 5) is 38.4. The Hall–Kier alpha value is -5.16. The predicted molar refractivity (Wildman–Crippen MR) is 211 cm³/mol. The molecule has 0 radical (unpaired) electrons. The number of nitrogens with one attached hydrogen (secondary N) is 2. The van der Waals surface area contributed by atoms with E-state index in [4.69, 9.17) is 28.0 Å². The average molecular weight is 785 g/mol. The summed E-state index contributed by atoms with van der Waals surface area (Å²) in [5, 5.41) is 5.34. The highest BCUT2D eigenvalue weighted by Crippen LogP contribution is 2.49. The maximum absolute atomic E-state index is 14.1. The van der Waals surface area contributed by atoms with Crippen LogP contribution in [0.25, 0.3) is 11.1 Å². The second kappa shape index (κ2) is 17.3. The first-order valence-corrected chi connectivity index (χ1v) is 20.6. The molecule has 2 amide bonds. The van der Waals surface area contributed by atoms with Gasteiger partial charge in [-0.2, -0.15) is 0 Å². The van der Waals surface area contributed by atoms with Crippen molar-refractivity contribution in [2.45, 2.75) is 77.1 Å². The van der Waals surface area contributed by atoms with Crippen LogP contribution in [0.3, 0.4) is 0 Å². The van der Waals surface area contributed by atoms with Gasteiger partial charge in [-0.1, -0.05) is 91.0 Å². The van der Waals surface area contributed by atoms with Gasteiger partial charge in [-0.3, -0.25) is 9.32 Å². The van der Waals surface area contributed by atoms with Gasteiger partial charge in [0.1, 0.15) is 37.3 Å². The Balaban J connectivity index is 1.23. The zero-order chi connectivity index (χ0) is 40.0. The first kappa shape index (κ1) is 40.5. The molecule has 13 heteroatoms. The first-order chi connectivity index (χ1) is 26.7. The van der Waals surface area contributed by atoms with E-state index in [1.54, 1.807) is 52.0 Å². The van der Waals surface area contributed by atoms with Gasteiger partial charge >= 0.3 is 25.8 Å². The van der Waals surface area contributed by atoms with E-state index in [0.717, 1.165) is 27.8 Å². The zero-order valence-corrected chi connectivity index (χ0v) is 33.3. The van der Waals surface area contributed by atoms with E-state index in [1.807, 2.05) is 54.6 Å². The number of ether oxygens (including phenoxy) is 4. The lowest BCUT2D eigenvalue weighted by atomic mass is 9.87. The monoisotopic (exact) mass is 784 g/mol. The molecule has 1 saturated heterocycles. The quantitative estimate of drug-likeness (QED) is 0.0776. The summed E-state index contributed by atoms with van der Waals surface area (Å²) in [5.74, 6) is -0.458. The number of amides is 2. The Morgan fingerprint density at radius 1 is 0.804 bits per heavy atom. The van der Waals surface area contributed by atoms with Crippen LogP contribution in [0.2, 0.25) is 0 Å². The van der Waals surface area contributed by atoms with Crippen LogP contribution in [0.5, 0.6) is 5.75 Å². The number of alkyl carbamates (subject to hydrolysis) is 2. The van der Waals surface area contributed by atoms with Gasteiger partial charge in [0, 0.05) is 26.1 Å². The smallest absolute Gasteiger partial charge is 0.407 e. The molecule has 0 aromatic heterocycles. The van der Waals surface area contributed by atoms with Crippen molar-refractivity contribution >= 4 is 25.8 Å². The van der Waals surface area contributed by atoms with E-state index in [1.165, 1.54) is 13.7 Å². The third kappa shape index (κ3) is 9.79. The summed E-state index contributed by atoms with van der Waals surface area (Å²) >= 11 is 0. The lowest BCUT2D eigenvalue weighted by Gasteiger charge is -2.30. The van der Waals surface area contributed by atoms with Crippen molar-refractivity contribution in [1.82, 2.24) is 10.6 Å². The van der Waals surface area contributed by atoms with Crippen molar-refractivity contribution in [1.29, 1.82) is 0 Å². The summed E-state index contributed by atoms with van der Waals surface area (Å²) in [6, 6.07) is 31.8. The molecule has 4 unspecified atom stereocenters. The molecule has 1 aliphatic heterocycles. The van der Waals surface area contributed by atoms with Gasteiger partial charge in [0.25, 0.3) is 0 Å². The van der Waals surface area contributed by atoms with Crippen LogP contribution in [-0.2, 0) is 45.9 Å². The second-order valence-corrected chi connectivity index (χ2v) is 17.0. The summed E-state index contributed by atoms with van der Waals surface area (Å²) in [7, 11) is -2.44. The number of carbonyl (C=O) groups is 3. The summed E-state index contributed by atoms with van der Waals surface area (Å²) in [5.41, 5.74) is 5.23. The molecular formula is C43H49N2O10P. The molecule has 0 spiro atoms. The van der Waals surface area contributed by atoms with Crippen molar-refractivity contribution in [3.8, 4) is 16.9 Å². The van der Waals surface area contributed by atoms with Crippen LogP contribution in [-0.4, -0.2) is 68.9 Å². The molecule has 1 aliphatic carbocycles. The van der Waals surface area contributed by atoms with E-state index in [2.05, 4.69) is 34.9 Å². The summed E-state index contributed by atoms with van der Waals surface area (Å²) < 4.78 is 49.4. The SMILES string of the molecule is CNC(=O)OCc1ccc(OP(C)(=O)OC2C(NC(=O)OC(Cc3ccccc3)C3c4ccccc4-c4ccccc43)[C@H](C)O[C@@H]2COC(=O)C(C)(C)C)cc1. The van der Waals surface area contributed by atoms with Crippen LogP contribution in [0.4, 0.5) is 9.59 Å². The number of carbonyl (C=O) groups excluding carboxylic acids is 3. The first-order valence-electron chi connectivity index (χ1n) is 18.6. The van der Waals surface area contributed by atoms with Crippen molar-refractivity contribution in [2.75, 3.05) is 20.3 Å². The highest BCUT2D eigenvalue weighted by atomic mass is 31.2. The van der Waals surface area contributed by atoms with Crippen LogP contribution in [0.15, 0.2) is 103 Å². The van der Waals surface area contributed by atoms with Gasteiger partial charge in [-0.05, 0) is 73.2 Å². The van der Waals surface area contributed by atoms with E-state index >= 15 is 0 Å². The third-order valence-corrected chi connectivity index (χ3v) is 10.9. The standard InChI is InChI=1S/C43H49N2O10P/c1-27-38(45-42(48)53-35(24-28-14-8-7-9-15-28)37-33-18-12-10-16-31(33)32-17-11-13-19-34(32)37)39(36(52-27)26-50-40(46)43(2,3)4)55-56(6,49)54-30-22-20-29(21-23-30)25-51-41(47)44-5/h7-23,27,35-39H,24-26H2,1-6H3,(H,44,47)(H,45,48)/t27-,35?,36+,38?,39?,56?/m0/s1.